The van der Waals surface area contributed by atoms with E-state index in [0.29, 0.717) is 0 Å². The molecule has 0 saturated carbocycles. The monoisotopic (exact) mass is 308 g/mol. The van der Waals surface area contributed by atoms with Gasteiger partial charge in [0.15, 0.2) is 0 Å². The number of hydrogen-bond acceptors (Lipinski definition) is 3. The van der Waals surface area contributed by atoms with Crippen molar-refractivity contribution in [2.24, 2.45) is 0 Å². The van der Waals surface area contributed by atoms with E-state index in [0.717, 1.165) is 25.5 Å². The number of nitrogens with zero attached hydrogens (tertiary/aromatic N) is 2. The van der Waals surface area contributed by atoms with Crippen LogP contribution >= 0.6 is 0 Å². The van der Waals surface area contributed by atoms with Crippen molar-refractivity contribution in [3.05, 3.63) is 78.0 Å². The second-order valence-corrected chi connectivity index (χ2v) is 5.91. The van der Waals surface area contributed by atoms with E-state index in [-0.39, 0.29) is 6.23 Å². The summed E-state index contributed by atoms with van der Waals surface area (Å²) in [6, 6.07) is 14.5. The van der Waals surface area contributed by atoms with Crippen molar-refractivity contribution in [1.29, 1.82) is 0 Å². The van der Waals surface area contributed by atoms with Crippen LogP contribution in [0.1, 0.15) is 23.1 Å². The van der Waals surface area contributed by atoms with Gasteiger partial charge >= 0.3 is 0 Å². The second-order valence-electron chi connectivity index (χ2n) is 5.91. The minimum absolute atomic E-state index is 0.00892. The quantitative estimate of drug-likeness (QED) is 0.732. The zero-order valence-corrected chi connectivity index (χ0v) is 13.2. The lowest BCUT2D eigenvalue weighted by atomic mass is 10.2. The molecule has 0 radical (unpaired) electrons. The Bertz CT molecular complexity index is 776. The highest BCUT2D eigenvalue weighted by Gasteiger charge is 2.28. The van der Waals surface area contributed by atoms with E-state index in [2.05, 4.69) is 59.1 Å². The molecule has 0 bridgehead atoms. The summed E-state index contributed by atoms with van der Waals surface area (Å²) in [5.74, 6) is 0.971. The molecule has 0 aliphatic carbocycles. The Morgan fingerprint density at radius 1 is 1.13 bits per heavy atom. The Balaban J connectivity index is 1.57. The molecule has 0 spiro atoms. The normalized spacial score (nSPS) is 18.6. The first-order chi connectivity index (χ1) is 11.3. The van der Waals surface area contributed by atoms with E-state index >= 15 is 0 Å². The van der Waals surface area contributed by atoms with Gasteiger partial charge in [-0.05, 0) is 36.8 Å². The van der Waals surface area contributed by atoms with Crippen LogP contribution in [0, 0.1) is 6.92 Å². The van der Waals surface area contributed by atoms with Crippen LogP contribution in [0.2, 0.25) is 0 Å². The summed E-state index contributed by atoms with van der Waals surface area (Å²) in [4.78, 5) is 2.30. The Kier molecular flexibility index (Phi) is 3.77. The summed E-state index contributed by atoms with van der Waals surface area (Å²) in [5.41, 5.74) is 3.64. The molecule has 1 saturated heterocycles. The van der Waals surface area contributed by atoms with Gasteiger partial charge in [-0.3, -0.25) is 4.90 Å². The van der Waals surface area contributed by atoms with Gasteiger partial charge in [-0.2, -0.15) is 0 Å². The molecule has 4 nitrogen and oxygen atoms in total. The molecule has 3 aromatic rings. The van der Waals surface area contributed by atoms with Crippen LogP contribution in [0.3, 0.4) is 0 Å². The molecule has 0 amide bonds. The van der Waals surface area contributed by atoms with Gasteiger partial charge in [0, 0.05) is 30.2 Å². The molecule has 4 heteroatoms. The Labute approximate surface area is 135 Å². The van der Waals surface area contributed by atoms with Crippen molar-refractivity contribution >= 4 is 0 Å². The first-order valence-corrected chi connectivity index (χ1v) is 7.93. The van der Waals surface area contributed by atoms with E-state index in [9.17, 15) is 0 Å². The number of rotatable bonds is 4. The predicted octanol–water partition coefficient (Wildman–Crippen LogP) is 3.91. The molecule has 1 atom stereocenters. The van der Waals surface area contributed by atoms with E-state index in [4.69, 9.17) is 9.15 Å². The van der Waals surface area contributed by atoms with Crippen LogP contribution in [0.25, 0.3) is 5.69 Å². The summed E-state index contributed by atoms with van der Waals surface area (Å²) in [7, 11) is 0. The number of benzene rings is 1. The van der Waals surface area contributed by atoms with Crippen molar-refractivity contribution in [2.75, 3.05) is 13.2 Å². The fourth-order valence-corrected chi connectivity index (χ4v) is 3.14. The molecule has 1 aromatic carbocycles. The van der Waals surface area contributed by atoms with E-state index in [1.54, 1.807) is 6.26 Å². The van der Waals surface area contributed by atoms with Crippen molar-refractivity contribution < 1.29 is 9.15 Å². The molecule has 1 aliphatic heterocycles. The van der Waals surface area contributed by atoms with Gasteiger partial charge < -0.3 is 13.7 Å². The molecule has 23 heavy (non-hydrogen) atoms. The molecule has 118 valence electrons. The van der Waals surface area contributed by atoms with E-state index in [1.807, 2.05) is 12.1 Å². The maximum absolute atomic E-state index is 5.95. The third-order valence-electron chi connectivity index (χ3n) is 4.32. The number of aryl methyl sites for hydroxylation is 1. The topological polar surface area (TPSA) is 30.5 Å². The number of aromatic nitrogens is 1. The smallest absolute Gasteiger partial charge is 0.138 e. The molecule has 1 fully saturated rings. The number of ether oxygens (including phenoxy) is 1. The molecular formula is C19H20N2O2. The number of para-hydroxylation sites is 1. The molecule has 0 unspecified atom stereocenters. The molecule has 1 aliphatic rings. The minimum Gasteiger partial charge on any atom is -0.468 e. The highest BCUT2D eigenvalue weighted by Crippen LogP contribution is 2.29. The molecule has 2 aromatic heterocycles. The van der Waals surface area contributed by atoms with Crippen molar-refractivity contribution in [3.8, 4) is 5.69 Å². The first-order valence-electron chi connectivity index (χ1n) is 7.93. The maximum Gasteiger partial charge on any atom is 0.138 e. The van der Waals surface area contributed by atoms with E-state index in [1.165, 1.54) is 16.8 Å². The first kappa shape index (κ1) is 14.3. The zero-order valence-electron chi connectivity index (χ0n) is 13.2. The van der Waals surface area contributed by atoms with Crippen LogP contribution in [-0.4, -0.2) is 22.6 Å². The van der Waals surface area contributed by atoms with Gasteiger partial charge in [-0.1, -0.05) is 18.2 Å². The lowest BCUT2D eigenvalue weighted by molar-refractivity contribution is 0.0258. The van der Waals surface area contributed by atoms with Crippen LogP contribution in [0.5, 0.6) is 0 Å². The van der Waals surface area contributed by atoms with Crippen LogP contribution in [0.15, 0.2) is 65.5 Å². The highest BCUT2D eigenvalue weighted by molar-refractivity contribution is 5.41. The average Bonchev–Trinajstić information content (AvgIpc) is 3.28. The SMILES string of the molecule is Cc1ccccc1-n1ccc([C@H]2OCCN2Cc2ccco2)c1. The fraction of sp³-hybridized carbons (Fsp3) is 0.263. The Morgan fingerprint density at radius 2 is 2.04 bits per heavy atom. The van der Waals surface area contributed by atoms with Gasteiger partial charge in [-0.25, -0.2) is 0 Å². The Hall–Kier alpha value is -2.30. The van der Waals surface area contributed by atoms with Gasteiger partial charge in [0.05, 0.1) is 19.4 Å². The third-order valence-corrected chi connectivity index (χ3v) is 4.32. The summed E-state index contributed by atoms with van der Waals surface area (Å²) in [5, 5.41) is 0. The minimum atomic E-state index is -0.00892. The fourth-order valence-electron chi connectivity index (χ4n) is 3.14. The summed E-state index contributed by atoms with van der Waals surface area (Å²) >= 11 is 0. The van der Waals surface area contributed by atoms with Crippen molar-refractivity contribution in [1.82, 2.24) is 9.47 Å². The van der Waals surface area contributed by atoms with Gasteiger partial charge in [0.1, 0.15) is 12.0 Å². The second kappa shape index (κ2) is 6.07. The molecule has 0 N–H and O–H groups in total. The van der Waals surface area contributed by atoms with Crippen LogP contribution in [0.4, 0.5) is 0 Å². The van der Waals surface area contributed by atoms with Gasteiger partial charge in [-0.15, -0.1) is 0 Å². The van der Waals surface area contributed by atoms with Crippen LogP contribution < -0.4 is 0 Å². The highest BCUT2D eigenvalue weighted by atomic mass is 16.5. The number of furan rings is 1. The summed E-state index contributed by atoms with van der Waals surface area (Å²) in [6.45, 7) is 4.57. The largest absolute Gasteiger partial charge is 0.468 e. The third kappa shape index (κ3) is 2.83. The summed E-state index contributed by atoms with van der Waals surface area (Å²) in [6.07, 6.45) is 5.97. The lowest BCUT2D eigenvalue weighted by Crippen LogP contribution is -2.22. The zero-order chi connectivity index (χ0) is 15.6. The van der Waals surface area contributed by atoms with Gasteiger partial charge in [0.25, 0.3) is 0 Å². The van der Waals surface area contributed by atoms with Crippen LogP contribution in [-0.2, 0) is 11.3 Å². The molecule has 4 rings (SSSR count). The standard InChI is InChI=1S/C19H20N2O2/c1-15-5-2-3-7-18(15)20-9-8-16(13-20)19-21(10-12-23-19)14-17-6-4-11-22-17/h2-9,11,13,19H,10,12,14H2,1H3/t19-/m1/s1. The Morgan fingerprint density at radius 3 is 2.87 bits per heavy atom. The maximum atomic E-state index is 5.95. The molecular weight excluding hydrogens is 288 g/mol. The van der Waals surface area contributed by atoms with Gasteiger partial charge in [0.2, 0.25) is 0 Å². The lowest BCUT2D eigenvalue weighted by Gasteiger charge is -2.21. The number of hydrogen-bond donors (Lipinski definition) is 0. The van der Waals surface area contributed by atoms with E-state index < -0.39 is 0 Å². The average molecular weight is 308 g/mol. The predicted molar refractivity (Wildman–Crippen MR) is 88.3 cm³/mol. The van der Waals surface area contributed by atoms with Crippen molar-refractivity contribution in [3.63, 3.8) is 0 Å². The van der Waals surface area contributed by atoms with Crippen molar-refractivity contribution in [2.45, 2.75) is 19.7 Å². The molecule has 3 heterocycles. The summed E-state index contributed by atoms with van der Waals surface area (Å²) < 4.78 is 13.6.